The maximum Gasteiger partial charge on any atom is 0.269 e. The molecule has 2 aromatic rings. The molecule has 3 rings (SSSR count). The standard InChI is InChI=1S/C20H14N4O5/c21-7-9-23(10-8-22)12-16-17(25)6-5-15-19(26)18(29-20(15)16)11-13-1-3-14(4-2-13)24(27)28/h1-6,11,25H,9-10,12H2. The van der Waals surface area contributed by atoms with Crippen molar-refractivity contribution in [2.24, 2.45) is 0 Å². The number of ether oxygens (including phenoxy) is 1. The van der Waals surface area contributed by atoms with E-state index in [1.807, 2.05) is 12.1 Å². The highest BCUT2D eigenvalue weighted by Crippen LogP contribution is 2.40. The second kappa shape index (κ2) is 8.21. The van der Waals surface area contributed by atoms with E-state index in [2.05, 4.69) is 0 Å². The fourth-order valence-electron chi connectivity index (χ4n) is 2.88. The lowest BCUT2D eigenvalue weighted by Crippen LogP contribution is -2.24. The van der Waals surface area contributed by atoms with Gasteiger partial charge in [-0.3, -0.25) is 19.8 Å². The first-order valence-electron chi connectivity index (χ1n) is 8.44. The summed E-state index contributed by atoms with van der Waals surface area (Å²) in [5.41, 5.74) is 1.01. The van der Waals surface area contributed by atoms with Crippen LogP contribution < -0.4 is 4.74 Å². The molecule has 0 amide bonds. The van der Waals surface area contributed by atoms with Gasteiger partial charge in [0.05, 0.1) is 41.3 Å². The maximum absolute atomic E-state index is 12.7. The van der Waals surface area contributed by atoms with Crippen LogP contribution in [0.3, 0.4) is 0 Å². The number of allylic oxidation sites excluding steroid dienone is 1. The third kappa shape index (κ3) is 4.05. The fourth-order valence-corrected chi connectivity index (χ4v) is 2.88. The molecule has 0 spiro atoms. The Kier molecular flexibility index (Phi) is 5.54. The summed E-state index contributed by atoms with van der Waals surface area (Å²) in [5.74, 6) is -0.336. The number of hydrogen-bond donors (Lipinski definition) is 1. The van der Waals surface area contributed by atoms with Crippen LogP contribution in [-0.4, -0.2) is 33.8 Å². The average Bonchev–Trinajstić information content (AvgIpc) is 3.00. The van der Waals surface area contributed by atoms with Crippen LogP contribution in [0.15, 0.2) is 42.2 Å². The van der Waals surface area contributed by atoms with Gasteiger partial charge in [-0.1, -0.05) is 0 Å². The predicted octanol–water partition coefficient (Wildman–Crippen LogP) is 2.77. The van der Waals surface area contributed by atoms with Gasteiger partial charge in [-0.15, -0.1) is 0 Å². The van der Waals surface area contributed by atoms with Crippen LogP contribution in [0.1, 0.15) is 21.5 Å². The minimum atomic E-state index is -0.521. The highest BCUT2D eigenvalue weighted by Gasteiger charge is 2.31. The maximum atomic E-state index is 12.7. The molecule has 1 aliphatic rings. The van der Waals surface area contributed by atoms with Crippen molar-refractivity contribution in [3.63, 3.8) is 0 Å². The van der Waals surface area contributed by atoms with E-state index < -0.39 is 10.7 Å². The number of benzene rings is 2. The number of aromatic hydroxyl groups is 1. The first kappa shape index (κ1) is 19.5. The zero-order valence-corrected chi connectivity index (χ0v) is 15.0. The van der Waals surface area contributed by atoms with Crippen LogP contribution in [0.25, 0.3) is 6.08 Å². The fraction of sp³-hybridized carbons (Fsp3) is 0.150. The van der Waals surface area contributed by atoms with Gasteiger partial charge in [0.15, 0.2) is 5.76 Å². The van der Waals surface area contributed by atoms with Crippen LogP contribution in [0, 0.1) is 32.8 Å². The Balaban J connectivity index is 1.93. The molecular weight excluding hydrogens is 376 g/mol. The van der Waals surface area contributed by atoms with E-state index in [1.54, 1.807) is 0 Å². The van der Waals surface area contributed by atoms with E-state index in [1.165, 1.54) is 47.4 Å². The molecule has 0 saturated carbocycles. The Morgan fingerprint density at radius 3 is 2.38 bits per heavy atom. The van der Waals surface area contributed by atoms with Gasteiger partial charge in [-0.2, -0.15) is 10.5 Å². The molecule has 0 atom stereocenters. The zero-order chi connectivity index (χ0) is 21.0. The Morgan fingerprint density at radius 1 is 1.14 bits per heavy atom. The summed E-state index contributed by atoms with van der Waals surface area (Å²) in [5, 5.41) is 38.8. The van der Waals surface area contributed by atoms with Gasteiger partial charge in [0.1, 0.15) is 11.5 Å². The molecule has 1 heterocycles. The topological polar surface area (TPSA) is 140 Å². The molecule has 0 saturated heterocycles. The van der Waals surface area contributed by atoms with Crippen molar-refractivity contribution in [2.45, 2.75) is 6.54 Å². The molecule has 0 bridgehead atoms. The van der Waals surface area contributed by atoms with Crippen molar-refractivity contribution in [3.05, 3.63) is 69.0 Å². The number of non-ortho nitro benzene ring substituents is 1. The molecule has 9 nitrogen and oxygen atoms in total. The monoisotopic (exact) mass is 390 g/mol. The molecule has 9 heteroatoms. The Labute approximate surface area is 165 Å². The number of hydrogen-bond acceptors (Lipinski definition) is 8. The molecule has 0 radical (unpaired) electrons. The summed E-state index contributed by atoms with van der Waals surface area (Å²) in [6.07, 6.45) is 1.45. The summed E-state index contributed by atoms with van der Waals surface area (Å²) >= 11 is 0. The summed E-state index contributed by atoms with van der Waals surface area (Å²) in [6, 6.07) is 12.3. The van der Waals surface area contributed by atoms with Gasteiger partial charge in [0.25, 0.3) is 5.69 Å². The molecule has 29 heavy (non-hydrogen) atoms. The molecule has 1 N–H and O–H groups in total. The molecule has 0 aliphatic carbocycles. The largest absolute Gasteiger partial charge is 0.507 e. The van der Waals surface area contributed by atoms with Crippen molar-refractivity contribution in [3.8, 4) is 23.6 Å². The number of carbonyl (C=O) groups is 1. The lowest BCUT2D eigenvalue weighted by atomic mass is 10.0. The molecule has 0 aromatic heterocycles. The van der Waals surface area contributed by atoms with Gasteiger partial charge in [0, 0.05) is 18.7 Å². The number of nitrogens with zero attached hydrogens (tertiary/aromatic N) is 4. The SMILES string of the molecule is N#CCN(CC#N)Cc1c(O)ccc2c1OC(=Cc1ccc([N+](=O)[O-])cc1)C2=O. The van der Waals surface area contributed by atoms with E-state index in [0.717, 1.165) is 0 Å². The van der Waals surface area contributed by atoms with Crippen molar-refractivity contribution in [2.75, 3.05) is 13.1 Å². The smallest absolute Gasteiger partial charge is 0.269 e. The number of phenols is 1. The van der Waals surface area contributed by atoms with Crippen molar-refractivity contribution < 1.29 is 19.6 Å². The molecule has 0 unspecified atom stereocenters. The Morgan fingerprint density at radius 2 is 1.79 bits per heavy atom. The number of fused-ring (bicyclic) bond motifs is 1. The Bertz CT molecular complexity index is 1080. The van der Waals surface area contributed by atoms with E-state index in [-0.39, 0.29) is 48.1 Å². The minimum Gasteiger partial charge on any atom is -0.507 e. The van der Waals surface area contributed by atoms with Crippen LogP contribution >= 0.6 is 0 Å². The highest BCUT2D eigenvalue weighted by molar-refractivity contribution is 6.15. The first-order valence-corrected chi connectivity index (χ1v) is 8.44. The number of rotatable bonds is 6. The van der Waals surface area contributed by atoms with Crippen molar-refractivity contribution in [1.29, 1.82) is 10.5 Å². The quantitative estimate of drug-likeness (QED) is 0.343. The number of phenolic OH excluding ortho intramolecular Hbond substituents is 1. The van der Waals surface area contributed by atoms with Gasteiger partial charge in [0.2, 0.25) is 5.78 Å². The summed E-state index contributed by atoms with van der Waals surface area (Å²) in [7, 11) is 0. The number of ketones is 1. The normalized spacial score (nSPS) is 13.6. The summed E-state index contributed by atoms with van der Waals surface area (Å²) in [6.45, 7) is -0.0135. The molecule has 2 aromatic carbocycles. The number of nitro groups is 1. The predicted molar refractivity (Wildman–Crippen MR) is 101 cm³/mol. The van der Waals surface area contributed by atoms with E-state index in [4.69, 9.17) is 15.3 Å². The van der Waals surface area contributed by atoms with Gasteiger partial charge in [-0.05, 0) is 35.9 Å². The molecular formula is C20H14N4O5. The van der Waals surface area contributed by atoms with E-state index in [9.17, 15) is 20.0 Å². The van der Waals surface area contributed by atoms with Crippen LogP contribution in [-0.2, 0) is 6.54 Å². The van der Waals surface area contributed by atoms with Crippen molar-refractivity contribution >= 4 is 17.5 Å². The number of nitriles is 2. The third-order valence-electron chi connectivity index (χ3n) is 4.29. The summed E-state index contributed by atoms with van der Waals surface area (Å²) < 4.78 is 5.70. The van der Waals surface area contributed by atoms with Crippen LogP contribution in [0.4, 0.5) is 5.69 Å². The second-order valence-electron chi connectivity index (χ2n) is 6.19. The average molecular weight is 390 g/mol. The van der Waals surface area contributed by atoms with Crippen LogP contribution in [0.5, 0.6) is 11.5 Å². The lowest BCUT2D eigenvalue weighted by Gasteiger charge is -2.17. The van der Waals surface area contributed by atoms with Gasteiger partial charge in [-0.25, -0.2) is 0 Å². The van der Waals surface area contributed by atoms with Crippen LogP contribution in [0.2, 0.25) is 0 Å². The van der Waals surface area contributed by atoms with E-state index >= 15 is 0 Å². The van der Waals surface area contributed by atoms with Crippen molar-refractivity contribution in [1.82, 2.24) is 4.90 Å². The third-order valence-corrected chi connectivity index (χ3v) is 4.29. The lowest BCUT2D eigenvalue weighted by molar-refractivity contribution is -0.384. The van der Waals surface area contributed by atoms with Gasteiger partial charge >= 0.3 is 0 Å². The Hall–Kier alpha value is -4.21. The molecule has 0 fully saturated rings. The van der Waals surface area contributed by atoms with E-state index in [0.29, 0.717) is 11.1 Å². The molecule has 1 aliphatic heterocycles. The summed E-state index contributed by atoms with van der Waals surface area (Å²) in [4.78, 5) is 24.4. The molecule has 144 valence electrons. The zero-order valence-electron chi connectivity index (χ0n) is 15.0. The van der Waals surface area contributed by atoms with Gasteiger partial charge < -0.3 is 9.84 Å². The highest BCUT2D eigenvalue weighted by atomic mass is 16.6. The first-order chi connectivity index (χ1) is 13.9. The second-order valence-corrected chi connectivity index (χ2v) is 6.19. The minimum absolute atomic E-state index is 0.00724. The number of nitro benzene ring substituents is 1. The number of Topliss-reactive ketones (excluding diaryl/α,β-unsaturated/α-hetero) is 1. The number of carbonyl (C=O) groups excluding carboxylic acids is 1.